The second-order valence-electron chi connectivity index (χ2n) is 4.65. The van der Waals surface area contributed by atoms with E-state index in [0.717, 1.165) is 11.4 Å². The Balaban J connectivity index is 2.13. The van der Waals surface area contributed by atoms with Gasteiger partial charge in [-0.15, -0.1) is 11.3 Å². The van der Waals surface area contributed by atoms with Crippen molar-refractivity contribution >= 4 is 11.3 Å². The van der Waals surface area contributed by atoms with Gasteiger partial charge in [-0.1, -0.05) is 18.2 Å². The smallest absolute Gasteiger partial charge is 0.123 e. The molecule has 4 heteroatoms. The molecule has 0 spiro atoms. The van der Waals surface area contributed by atoms with E-state index in [0.29, 0.717) is 0 Å². The summed E-state index contributed by atoms with van der Waals surface area (Å²) in [7, 11) is 1.71. The van der Waals surface area contributed by atoms with E-state index in [1.165, 1.54) is 10.4 Å². The number of methoxy groups -OCH3 is 1. The summed E-state index contributed by atoms with van der Waals surface area (Å²) >= 11 is 1.70. The fraction of sp³-hybridized carbons (Fsp3) is 0.400. The SMILES string of the molecule is COc1ccccc1[C@@H](C)NC(C)c1scnc1C. The lowest BCUT2D eigenvalue weighted by Gasteiger charge is -2.21. The summed E-state index contributed by atoms with van der Waals surface area (Å²) in [6, 6.07) is 8.64. The van der Waals surface area contributed by atoms with Crippen molar-refractivity contribution in [2.45, 2.75) is 32.9 Å². The maximum atomic E-state index is 5.41. The number of thiazole rings is 1. The van der Waals surface area contributed by atoms with E-state index in [9.17, 15) is 0 Å². The third-order valence-corrected chi connectivity index (χ3v) is 4.40. The minimum absolute atomic E-state index is 0.229. The Kier molecular flexibility index (Phi) is 4.56. The fourth-order valence-electron chi connectivity index (χ4n) is 2.29. The summed E-state index contributed by atoms with van der Waals surface area (Å²) < 4.78 is 5.41. The Morgan fingerprint density at radius 2 is 1.95 bits per heavy atom. The van der Waals surface area contributed by atoms with Crippen LogP contribution in [-0.2, 0) is 0 Å². The van der Waals surface area contributed by atoms with Crippen LogP contribution >= 0.6 is 11.3 Å². The molecule has 0 radical (unpaired) electrons. The second-order valence-corrected chi connectivity index (χ2v) is 5.54. The van der Waals surface area contributed by atoms with Crippen LogP contribution in [0.15, 0.2) is 29.8 Å². The van der Waals surface area contributed by atoms with Crippen molar-refractivity contribution in [2.75, 3.05) is 7.11 Å². The van der Waals surface area contributed by atoms with Gasteiger partial charge >= 0.3 is 0 Å². The van der Waals surface area contributed by atoms with Gasteiger partial charge in [0.2, 0.25) is 0 Å². The van der Waals surface area contributed by atoms with Crippen molar-refractivity contribution in [2.24, 2.45) is 0 Å². The molecular formula is C15H20N2OS. The molecule has 0 bridgehead atoms. The van der Waals surface area contributed by atoms with E-state index in [-0.39, 0.29) is 12.1 Å². The highest BCUT2D eigenvalue weighted by Gasteiger charge is 2.16. The van der Waals surface area contributed by atoms with Crippen LogP contribution in [0.2, 0.25) is 0 Å². The average molecular weight is 276 g/mol. The standard InChI is InChI=1S/C15H20N2OS/c1-10(13-7-5-6-8-14(13)18-4)17-12(3)15-11(2)16-9-19-15/h5-10,12,17H,1-4H3/t10-,12?/m1/s1. The summed E-state index contributed by atoms with van der Waals surface area (Å²) in [6.07, 6.45) is 0. The highest BCUT2D eigenvalue weighted by atomic mass is 32.1. The number of aryl methyl sites for hydroxylation is 1. The molecule has 3 nitrogen and oxygen atoms in total. The second kappa shape index (κ2) is 6.17. The van der Waals surface area contributed by atoms with Gasteiger partial charge in [0.25, 0.3) is 0 Å². The van der Waals surface area contributed by atoms with Gasteiger partial charge in [-0.05, 0) is 26.8 Å². The van der Waals surface area contributed by atoms with E-state index < -0.39 is 0 Å². The number of nitrogens with one attached hydrogen (secondary N) is 1. The largest absolute Gasteiger partial charge is 0.496 e. The molecule has 1 aromatic heterocycles. The molecule has 0 aliphatic carbocycles. The fourth-order valence-corrected chi connectivity index (χ4v) is 3.11. The number of hydrogen-bond donors (Lipinski definition) is 1. The Hall–Kier alpha value is -1.39. The van der Waals surface area contributed by atoms with Gasteiger partial charge in [0, 0.05) is 22.5 Å². The zero-order chi connectivity index (χ0) is 13.8. The first kappa shape index (κ1) is 14.0. The first-order valence-electron chi connectivity index (χ1n) is 6.42. The zero-order valence-corrected chi connectivity index (χ0v) is 12.6. The van der Waals surface area contributed by atoms with Gasteiger partial charge in [0.05, 0.1) is 18.3 Å². The maximum absolute atomic E-state index is 5.41. The van der Waals surface area contributed by atoms with Gasteiger partial charge in [0.1, 0.15) is 5.75 Å². The molecule has 19 heavy (non-hydrogen) atoms. The molecule has 0 fully saturated rings. The third-order valence-electron chi connectivity index (χ3n) is 3.28. The van der Waals surface area contributed by atoms with Crippen LogP contribution in [0.1, 0.15) is 42.1 Å². The number of ether oxygens (including phenoxy) is 1. The molecule has 102 valence electrons. The van der Waals surface area contributed by atoms with Crippen molar-refractivity contribution in [3.8, 4) is 5.75 Å². The molecule has 2 aromatic rings. The maximum Gasteiger partial charge on any atom is 0.123 e. The average Bonchev–Trinajstić information content (AvgIpc) is 2.85. The lowest BCUT2D eigenvalue weighted by molar-refractivity contribution is 0.397. The summed E-state index contributed by atoms with van der Waals surface area (Å²) in [5, 5.41) is 3.60. The van der Waals surface area contributed by atoms with Crippen molar-refractivity contribution in [3.05, 3.63) is 45.9 Å². The number of benzene rings is 1. The number of aromatic nitrogens is 1. The lowest BCUT2D eigenvalue weighted by Crippen LogP contribution is -2.22. The molecule has 2 rings (SSSR count). The summed E-state index contributed by atoms with van der Waals surface area (Å²) in [5.41, 5.74) is 4.19. The first-order chi connectivity index (χ1) is 9.13. The molecule has 0 saturated carbocycles. The van der Waals surface area contributed by atoms with Crippen LogP contribution < -0.4 is 10.1 Å². The van der Waals surface area contributed by atoms with E-state index in [1.54, 1.807) is 18.4 Å². The van der Waals surface area contributed by atoms with Gasteiger partial charge in [-0.3, -0.25) is 0 Å². The molecule has 1 N–H and O–H groups in total. The molecule has 1 heterocycles. The highest BCUT2D eigenvalue weighted by molar-refractivity contribution is 7.09. The van der Waals surface area contributed by atoms with Gasteiger partial charge in [-0.25, -0.2) is 4.98 Å². The Labute approximate surface area is 118 Å². The quantitative estimate of drug-likeness (QED) is 0.900. The topological polar surface area (TPSA) is 34.1 Å². The van der Waals surface area contributed by atoms with Gasteiger partial charge < -0.3 is 10.1 Å². The zero-order valence-electron chi connectivity index (χ0n) is 11.8. The predicted octanol–water partition coefficient (Wildman–Crippen LogP) is 3.87. The van der Waals surface area contributed by atoms with E-state index in [2.05, 4.69) is 37.1 Å². The van der Waals surface area contributed by atoms with Crippen molar-refractivity contribution < 1.29 is 4.74 Å². The molecule has 0 aliphatic heterocycles. The minimum atomic E-state index is 0.229. The minimum Gasteiger partial charge on any atom is -0.496 e. The van der Waals surface area contributed by atoms with Gasteiger partial charge in [0.15, 0.2) is 0 Å². The summed E-state index contributed by atoms with van der Waals surface area (Å²) in [4.78, 5) is 5.60. The van der Waals surface area contributed by atoms with Crippen molar-refractivity contribution in [1.82, 2.24) is 10.3 Å². The highest BCUT2D eigenvalue weighted by Crippen LogP contribution is 2.28. The number of nitrogens with zero attached hydrogens (tertiary/aromatic N) is 1. The van der Waals surface area contributed by atoms with Crippen LogP contribution in [0.25, 0.3) is 0 Å². The van der Waals surface area contributed by atoms with E-state index in [4.69, 9.17) is 4.74 Å². The Morgan fingerprint density at radius 3 is 2.58 bits per heavy atom. The Bertz CT molecular complexity index is 538. The van der Waals surface area contributed by atoms with Crippen LogP contribution in [-0.4, -0.2) is 12.1 Å². The first-order valence-corrected chi connectivity index (χ1v) is 7.30. The third kappa shape index (κ3) is 3.14. The van der Waals surface area contributed by atoms with Crippen LogP contribution in [0.3, 0.4) is 0 Å². The van der Waals surface area contributed by atoms with Crippen LogP contribution in [0, 0.1) is 6.92 Å². The number of para-hydroxylation sites is 1. The molecule has 1 unspecified atom stereocenters. The molecule has 0 amide bonds. The van der Waals surface area contributed by atoms with E-state index >= 15 is 0 Å². The molecule has 0 saturated heterocycles. The molecule has 0 aliphatic rings. The van der Waals surface area contributed by atoms with Crippen LogP contribution in [0.5, 0.6) is 5.75 Å². The van der Waals surface area contributed by atoms with Crippen LogP contribution in [0.4, 0.5) is 0 Å². The lowest BCUT2D eigenvalue weighted by atomic mass is 10.1. The predicted molar refractivity (Wildman–Crippen MR) is 79.8 cm³/mol. The number of hydrogen-bond acceptors (Lipinski definition) is 4. The molecular weight excluding hydrogens is 256 g/mol. The van der Waals surface area contributed by atoms with E-state index in [1.807, 2.05) is 23.7 Å². The van der Waals surface area contributed by atoms with Crippen molar-refractivity contribution in [1.29, 1.82) is 0 Å². The normalized spacial score (nSPS) is 14.1. The summed E-state index contributed by atoms with van der Waals surface area (Å²) in [5.74, 6) is 0.927. The van der Waals surface area contributed by atoms with Gasteiger partial charge in [-0.2, -0.15) is 0 Å². The summed E-state index contributed by atoms with van der Waals surface area (Å²) in [6.45, 7) is 6.38. The molecule has 1 aromatic carbocycles. The number of rotatable bonds is 5. The Morgan fingerprint density at radius 1 is 1.21 bits per heavy atom. The van der Waals surface area contributed by atoms with Crippen molar-refractivity contribution in [3.63, 3.8) is 0 Å². The molecule has 2 atom stereocenters. The monoisotopic (exact) mass is 276 g/mol.